The molecule has 28 heavy (non-hydrogen) atoms. The molecule has 150 valence electrons. The van der Waals surface area contributed by atoms with E-state index in [4.69, 9.17) is 14.6 Å². The third kappa shape index (κ3) is 3.88. The van der Waals surface area contributed by atoms with E-state index in [1.54, 1.807) is 10.6 Å². The van der Waals surface area contributed by atoms with Crippen LogP contribution in [0.15, 0.2) is 24.5 Å². The van der Waals surface area contributed by atoms with Gasteiger partial charge in [0.25, 0.3) is 0 Å². The van der Waals surface area contributed by atoms with Gasteiger partial charge < -0.3 is 29.4 Å². The fourth-order valence-electron chi connectivity index (χ4n) is 3.23. The first-order valence-corrected chi connectivity index (χ1v) is 8.61. The lowest BCUT2D eigenvalue weighted by Gasteiger charge is -2.20. The number of carbonyl (C=O) groups is 3. The monoisotopic (exact) mass is 392 g/mol. The van der Waals surface area contributed by atoms with Crippen LogP contribution in [0.5, 0.6) is 0 Å². The molecule has 1 aliphatic rings. The van der Waals surface area contributed by atoms with Crippen LogP contribution in [-0.2, 0) is 23.9 Å². The van der Waals surface area contributed by atoms with E-state index in [0.29, 0.717) is 5.52 Å². The molecule has 1 aromatic carbocycles. The molecule has 0 bridgehead atoms. The van der Waals surface area contributed by atoms with Crippen molar-refractivity contribution in [3.63, 3.8) is 0 Å². The number of carbonyl (C=O) groups excluding carboxylic acids is 2. The number of esters is 1. The third-order valence-corrected chi connectivity index (χ3v) is 4.53. The second kappa shape index (κ2) is 8.05. The molecular formula is C18H20N2O8. The van der Waals surface area contributed by atoms with E-state index in [1.165, 1.54) is 6.33 Å². The van der Waals surface area contributed by atoms with Crippen LogP contribution in [0.4, 0.5) is 0 Å². The summed E-state index contributed by atoms with van der Waals surface area (Å²) in [4.78, 5) is 38.2. The number of rotatable bonds is 7. The Bertz CT molecular complexity index is 908. The van der Waals surface area contributed by atoms with Crippen molar-refractivity contribution in [3.8, 4) is 0 Å². The van der Waals surface area contributed by atoms with Crippen molar-refractivity contribution in [2.45, 2.75) is 44.3 Å². The van der Waals surface area contributed by atoms with Gasteiger partial charge in [0, 0.05) is 0 Å². The van der Waals surface area contributed by atoms with Crippen molar-refractivity contribution >= 4 is 28.8 Å². The molecule has 1 aliphatic heterocycles. The second-order valence-corrected chi connectivity index (χ2v) is 6.57. The van der Waals surface area contributed by atoms with Gasteiger partial charge in [0.1, 0.15) is 25.0 Å². The fourth-order valence-corrected chi connectivity index (χ4v) is 3.23. The molecular weight excluding hydrogens is 372 g/mol. The SMILES string of the molecule is Cc1cccc2c1ncn2[C@@H]1O[C@H](CO)[C@@H](OC(=O)CC(=O)CC(=O)O)[C@H]1O. The Hall–Kier alpha value is -2.82. The zero-order valence-corrected chi connectivity index (χ0v) is 15.0. The van der Waals surface area contributed by atoms with Crippen molar-refractivity contribution in [1.82, 2.24) is 9.55 Å². The van der Waals surface area contributed by atoms with E-state index >= 15 is 0 Å². The molecule has 0 amide bonds. The maximum Gasteiger partial charge on any atom is 0.313 e. The Kier molecular flexibility index (Phi) is 5.73. The predicted octanol–water partition coefficient (Wildman–Crippen LogP) is -0.0590. The number of Topliss-reactive ketones (excluding diaryl/α,β-unsaturated/α-hetero) is 1. The van der Waals surface area contributed by atoms with Crippen LogP contribution in [0.25, 0.3) is 11.0 Å². The highest BCUT2D eigenvalue weighted by Crippen LogP contribution is 2.34. The number of aliphatic hydroxyl groups excluding tert-OH is 2. The average molecular weight is 392 g/mol. The van der Waals surface area contributed by atoms with Gasteiger partial charge in [-0.05, 0) is 18.6 Å². The van der Waals surface area contributed by atoms with Crippen LogP contribution >= 0.6 is 0 Å². The molecule has 3 N–H and O–H groups in total. The summed E-state index contributed by atoms with van der Waals surface area (Å²) >= 11 is 0. The number of carboxylic acids is 1. The zero-order chi connectivity index (χ0) is 20.4. The highest BCUT2D eigenvalue weighted by atomic mass is 16.6. The third-order valence-electron chi connectivity index (χ3n) is 4.53. The van der Waals surface area contributed by atoms with Crippen molar-refractivity contribution < 1.29 is 39.2 Å². The van der Waals surface area contributed by atoms with Gasteiger partial charge in [0.2, 0.25) is 0 Å². The number of para-hydroxylation sites is 1. The quantitative estimate of drug-likeness (QED) is 0.435. The summed E-state index contributed by atoms with van der Waals surface area (Å²) in [5.74, 6) is -3.17. The lowest BCUT2D eigenvalue weighted by Crippen LogP contribution is -2.38. The van der Waals surface area contributed by atoms with Crippen LogP contribution in [-0.4, -0.2) is 67.5 Å². The van der Waals surface area contributed by atoms with E-state index in [0.717, 1.165) is 11.1 Å². The van der Waals surface area contributed by atoms with Gasteiger partial charge in [0.15, 0.2) is 18.1 Å². The molecule has 0 saturated carbocycles. The number of benzene rings is 1. The summed E-state index contributed by atoms with van der Waals surface area (Å²) in [5.41, 5.74) is 2.35. The minimum Gasteiger partial charge on any atom is -0.481 e. The summed E-state index contributed by atoms with van der Waals surface area (Å²) in [6, 6.07) is 5.51. The minimum absolute atomic E-state index is 0.528. The number of hydrogen-bond acceptors (Lipinski definition) is 8. The van der Waals surface area contributed by atoms with Crippen LogP contribution in [0, 0.1) is 6.92 Å². The normalized spacial score (nSPS) is 24.4. The number of fused-ring (bicyclic) bond motifs is 1. The van der Waals surface area contributed by atoms with Gasteiger partial charge >= 0.3 is 11.9 Å². The van der Waals surface area contributed by atoms with Gasteiger partial charge in [-0.3, -0.25) is 14.4 Å². The molecule has 0 unspecified atom stereocenters. The Balaban J connectivity index is 1.76. The second-order valence-electron chi connectivity index (χ2n) is 6.57. The molecule has 0 spiro atoms. The van der Waals surface area contributed by atoms with Crippen LogP contribution in [0.2, 0.25) is 0 Å². The maximum absolute atomic E-state index is 11.9. The lowest BCUT2D eigenvalue weighted by atomic mass is 10.1. The number of hydrogen-bond donors (Lipinski definition) is 3. The minimum atomic E-state index is -1.35. The number of nitrogens with zero attached hydrogens (tertiary/aromatic N) is 2. The molecule has 1 fully saturated rings. The number of aliphatic hydroxyl groups is 2. The molecule has 4 atom stereocenters. The highest BCUT2D eigenvalue weighted by molar-refractivity contribution is 6.03. The summed E-state index contributed by atoms with van der Waals surface area (Å²) in [5, 5.41) is 28.8. The smallest absolute Gasteiger partial charge is 0.313 e. The number of ketones is 1. The summed E-state index contributed by atoms with van der Waals surface area (Å²) in [7, 11) is 0. The van der Waals surface area contributed by atoms with Crippen molar-refractivity contribution in [2.75, 3.05) is 6.61 Å². The van der Waals surface area contributed by atoms with Gasteiger partial charge in [-0.15, -0.1) is 0 Å². The first-order valence-electron chi connectivity index (χ1n) is 8.61. The van der Waals surface area contributed by atoms with Gasteiger partial charge in [0.05, 0.1) is 24.0 Å². The summed E-state index contributed by atoms with van der Waals surface area (Å²) in [6.45, 7) is 1.36. The maximum atomic E-state index is 11.9. The first kappa shape index (κ1) is 19.9. The highest BCUT2D eigenvalue weighted by Gasteiger charge is 2.47. The average Bonchev–Trinajstić information content (AvgIpc) is 3.17. The molecule has 2 aromatic rings. The molecule has 1 aromatic heterocycles. The number of ether oxygens (including phenoxy) is 2. The van der Waals surface area contributed by atoms with Gasteiger partial charge in [-0.1, -0.05) is 12.1 Å². The van der Waals surface area contributed by atoms with E-state index in [9.17, 15) is 24.6 Å². The molecule has 2 heterocycles. The number of carboxylic acid groups (broad SMARTS) is 1. The van der Waals surface area contributed by atoms with Crippen molar-refractivity contribution in [3.05, 3.63) is 30.1 Å². The first-order chi connectivity index (χ1) is 13.3. The molecule has 3 rings (SSSR count). The predicted molar refractivity (Wildman–Crippen MR) is 93.2 cm³/mol. The standard InChI is InChI=1S/C18H20N2O8/c1-9-3-2-4-11-15(9)19-8-20(11)18-16(26)17(12(7-21)27-18)28-14(25)6-10(22)5-13(23)24/h2-4,8,12,16-18,21,26H,5-7H2,1H3,(H,23,24)/t12-,16-,17-,18-/m1/s1. The van der Waals surface area contributed by atoms with Crippen molar-refractivity contribution in [2.24, 2.45) is 0 Å². The number of aliphatic carboxylic acids is 1. The van der Waals surface area contributed by atoms with E-state index < -0.39 is 61.7 Å². The van der Waals surface area contributed by atoms with E-state index in [1.807, 2.05) is 19.1 Å². The molecule has 10 heteroatoms. The molecule has 0 radical (unpaired) electrons. The molecule has 0 aliphatic carbocycles. The van der Waals surface area contributed by atoms with Crippen LogP contribution in [0.3, 0.4) is 0 Å². The Morgan fingerprint density at radius 3 is 2.71 bits per heavy atom. The summed E-state index contributed by atoms with van der Waals surface area (Å²) < 4.78 is 12.4. The molecule has 10 nitrogen and oxygen atoms in total. The zero-order valence-electron chi connectivity index (χ0n) is 15.0. The van der Waals surface area contributed by atoms with Crippen LogP contribution in [0.1, 0.15) is 24.6 Å². The fraction of sp³-hybridized carbons (Fsp3) is 0.444. The Morgan fingerprint density at radius 1 is 1.29 bits per heavy atom. The van der Waals surface area contributed by atoms with E-state index in [2.05, 4.69) is 4.98 Å². The topological polar surface area (TPSA) is 148 Å². The molecule has 1 saturated heterocycles. The van der Waals surface area contributed by atoms with Gasteiger partial charge in [-0.25, -0.2) is 4.98 Å². The number of aryl methyl sites for hydroxylation is 1. The van der Waals surface area contributed by atoms with Crippen LogP contribution < -0.4 is 0 Å². The number of imidazole rings is 1. The van der Waals surface area contributed by atoms with Crippen molar-refractivity contribution in [1.29, 1.82) is 0 Å². The number of aromatic nitrogens is 2. The van der Waals surface area contributed by atoms with E-state index in [-0.39, 0.29) is 0 Å². The van der Waals surface area contributed by atoms with Gasteiger partial charge in [-0.2, -0.15) is 0 Å². The largest absolute Gasteiger partial charge is 0.481 e. The Labute approximate surface area is 159 Å². The Morgan fingerprint density at radius 2 is 2.04 bits per heavy atom. The lowest BCUT2D eigenvalue weighted by molar-refractivity contribution is -0.158. The summed E-state index contributed by atoms with van der Waals surface area (Å²) in [6.07, 6.45) is -4.58.